The Morgan fingerprint density at radius 1 is 1.19 bits per heavy atom. The molecule has 0 bridgehead atoms. The Balaban J connectivity index is 1.89. The van der Waals surface area contributed by atoms with Crippen molar-refractivity contribution in [1.82, 2.24) is 4.72 Å². The van der Waals surface area contributed by atoms with Crippen LogP contribution < -0.4 is 4.72 Å². The zero-order chi connectivity index (χ0) is 15.2. The van der Waals surface area contributed by atoms with Crippen molar-refractivity contribution in [3.8, 4) is 0 Å². The summed E-state index contributed by atoms with van der Waals surface area (Å²) >= 11 is 0. The molecule has 116 valence electrons. The molecule has 0 aromatic heterocycles. The van der Waals surface area contributed by atoms with E-state index in [0.717, 1.165) is 6.07 Å². The topological polar surface area (TPSA) is 55.4 Å². The van der Waals surface area contributed by atoms with Gasteiger partial charge in [0.2, 0.25) is 10.0 Å². The molecule has 0 amide bonds. The summed E-state index contributed by atoms with van der Waals surface area (Å²) < 4.78 is 72.2. The number of ether oxygens (including phenoxy) is 1. The molecule has 0 radical (unpaired) electrons. The number of aryl methyl sites for hydroxylation is 1. The predicted molar refractivity (Wildman–Crippen MR) is 68.7 cm³/mol. The van der Waals surface area contributed by atoms with E-state index in [1.165, 1.54) is 0 Å². The van der Waals surface area contributed by atoms with Gasteiger partial charge in [0.05, 0.1) is 12.6 Å². The van der Waals surface area contributed by atoms with Crippen molar-refractivity contribution in [1.29, 1.82) is 0 Å². The highest BCUT2D eigenvalue weighted by Gasteiger charge is 2.36. The van der Waals surface area contributed by atoms with Crippen LogP contribution >= 0.6 is 0 Å². The van der Waals surface area contributed by atoms with E-state index >= 15 is 0 Å². The van der Waals surface area contributed by atoms with Gasteiger partial charge in [0.25, 0.3) is 0 Å². The van der Waals surface area contributed by atoms with Gasteiger partial charge in [0.1, 0.15) is 5.25 Å². The summed E-state index contributed by atoms with van der Waals surface area (Å²) in [4.78, 5) is 0. The molecule has 1 saturated heterocycles. The first-order valence-corrected chi connectivity index (χ1v) is 8.20. The van der Waals surface area contributed by atoms with Crippen LogP contribution in [0.1, 0.15) is 30.0 Å². The Bertz CT molecular complexity index is 672. The third-order valence-corrected chi connectivity index (χ3v) is 5.83. The van der Waals surface area contributed by atoms with Gasteiger partial charge in [-0.25, -0.2) is 26.3 Å². The van der Waals surface area contributed by atoms with Crippen LogP contribution in [0.25, 0.3) is 0 Å². The van der Waals surface area contributed by atoms with Crippen LogP contribution in [0.4, 0.5) is 13.2 Å². The molecule has 0 saturated carbocycles. The van der Waals surface area contributed by atoms with Crippen molar-refractivity contribution in [2.45, 2.75) is 30.6 Å². The summed E-state index contributed by atoms with van der Waals surface area (Å²) in [5, 5.41) is -0.685. The number of sulfonamides is 1. The average molecular weight is 321 g/mol. The zero-order valence-electron chi connectivity index (χ0n) is 11.0. The lowest BCUT2D eigenvalue weighted by Crippen LogP contribution is -2.36. The summed E-state index contributed by atoms with van der Waals surface area (Å²) in [7, 11) is -3.68. The van der Waals surface area contributed by atoms with Gasteiger partial charge in [-0.05, 0) is 30.9 Å². The van der Waals surface area contributed by atoms with Crippen LogP contribution in [-0.2, 0) is 21.2 Å². The van der Waals surface area contributed by atoms with Crippen LogP contribution in [0.15, 0.2) is 6.07 Å². The molecule has 3 rings (SSSR count). The molecule has 2 aliphatic rings. The van der Waals surface area contributed by atoms with E-state index in [1.54, 1.807) is 0 Å². The van der Waals surface area contributed by atoms with Gasteiger partial charge in [-0.15, -0.1) is 0 Å². The van der Waals surface area contributed by atoms with Crippen molar-refractivity contribution in [2.24, 2.45) is 0 Å². The van der Waals surface area contributed by atoms with Crippen LogP contribution in [0.5, 0.6) is 0 Å². The van der Waals surface area contributed by atoms with Gasteiger partial charge >= 0.3 is 0 Å². The molecule has 0 spiro atoms. The van der Waals surface area contributed by atoms with Crippen molar-refractivity contribution in [3.05, 3.63) is 34.6 Å². The number of rotatable bonds is 3. The fourth-order valence-electron chi connectivity index (χ4n) is 2.86. The van der Waals surface area contributed by atoms with Crippen molar-refractivity contribution < 1.29 is 26.3 Å². The van der Waals surface area contributed by atoms with Crippen molar-refractivity contribution >= 4 is 10.0 Å². The van der Waals surface area contributed by atoms with Crippen LogP contribution in [-0.4, -0.2) is 26.9 Å². The van der Waals surface area contributed by atoms with Crippen molar-refractivity contribution in [2.75, 3.05) is 13.2 Å². The number of halogens is 3. The smallest absolute Gasteiger partial charge is 0.217 e. The number of nitrogens with one attached hydrogen (secondary N) is 1. The molecule has 1 N–H and O–H groups in total. The van der Waals surface area contributed by atoms with Gasteiger partial charge in [-0.3, -0.25) is 0 Å². The normalized spacial score (nSPS) is 25.3. The maximum absolute atomic E-state index is 13.9. The molecule has 8 heteroatoms. The molecule has 1 aromatic carbocycles. The first-order valence-electron chi connectivity index (χ1n) is 6.65. The van der Waals surface area contributed by atoms with E-state index < -0.39 is 38.8 Å². The summed E-state index contributed by atoms with van der Waals surface area (Å²) in [6.45, 7) is 0.455. The second-order valence-electron chi connectivity index (χ2n) is 5.30. The lowest BCUT2D eigenvalue weighted by atomic mass is 10.1. The predicted octanol–water partition coefficient (Wildman–Crippen LogP) is 1.80. The summed E-state index contributed by atoms with van der Waals surface area (Å²) in [6, 6.07) is 0.0708. The Hall–Kier alpha value is -1.12. The summed E-state index contributed by atoms with van der Waals surface area (Å²) in [6.07, 6.45) is 0.953. The van der Waals surface area contributed by atoms with Crippen LogP contribution in [0.2, 0.25) is 0 Å². The van der Waals surface area contributed by atoms with Gasteiger partial charge < -0.3 is 4.74 Å². The van der Waals surface area contributed by atoms with Gasteiger partial charge in [-0.1, -0.05) is 0 Å². The third-order valence-electron chi connectivity index (χ3n) is 3.97. The minimum absolute atomic E-state index is 0.0867. The molecule has 1 fully saturated rings. The molecule has 21 heavy (non-hydrogen) atoms. The highest BCUT2D eigenvalue weighted by atomic mass is 32.2. The fourth-order valence-corrected chi connectivity index (χ4v) is 4.36. The molecule has 4 nitrogen and oxygen atoms in total. The van der Waals surface area contributed by atoms with E-state index in [1.807, 2.05) is 0 Å². The minimum Gasteiger partial charge on any atom is -0.380 e. The second kappa shape index (κ2) is 5.26. The summed E-state index contributed by atoms with van der Waals surface area (Å²) in [5.41, 5.74) is 0.221. The van der Waals surface area contributed by atoms with Crippen LogP contribution in [0, 0.1) is 17.5 Å². The number of hydrogen-bond acceptors (Lipinski definition) is 3. The average Bonchev–Trinajstić information content (AvgIpc) is 3.06. The number of hydrogen-bond donors (Lipinski definition) is 1. The Kier molecular flexibility index (Phi) is 3.71. The molecule has 2 unspecified atom stereocenters. The Morgan fingerprint density at radius 2 is 1.95 bits per heavy atom. The maximum Gasteiger partial charge on any atom is 0.217 e. The number of benzene rings is 1. The fraction of sp³-hybridized carbons (Fsp3) is 0.538. The Morgan fingerprint density at radius 3 is 2.62 bits per heavy atom. The highest BCUT2D eigenvalue weighted by Crippen LogP contribution is 2.36. The number of fused-ring (bicyclic) bond motifs is 1. The van der Waals surface area contributed by atoms with E-state index in [4.69, 9.17) is 4.74 Å². The monoisotopic (exact) mass is 321 g/mol. The SMILES string of the molecule is O=S(=O)(NC1CCc2cc(F)c(F)c(F)c21)C1CCOC1. The highest BCUT2D eigenvalue weighted by molar-refractivity contribution is 7.90. The summed E-state index contributed by atoms with van der Waals surface area (Å²) in [5.74, 6) is -4.12. The molecule has 2 atom stereocenters. The minimum atomic E-state index is -3.68. The molecule has 1 heterocycles. The quantitative estimate of drug-likeness (QED) is 0.864. The van der Waals surface area contributed by atoms with Gasteiger partial charge in [-0.2, -0.15) is 0 Å². The lowest BCUT2D eigenvalue weighted by Gasteiger charge is -2.18. The Labute approximate surface area is 120 Å². The van der Waals surface area contributed by atoms with Gasteiger partial charge in [0.15, 0.2) is 17.5 Å². The molecular weight excluding hydrogens is 307 g/mol. The van der Waals surface area contributed by atoms with Gasteiger partial charge in [0, 0.05) is 12.2 Å². The van der Waals surface area contributed by atoms with E-state index in [2.05, 4.69) is 4.72 Å². The third kappa shape index (κ3) is 2.56. The molecule has 1 aliphatic heterocycles. The lowest BCUT2D eigenvalue weighted by molar-refractivity contribution is 0.198. The first kappa shape index (κ1) is 14.8. The maximum atomic E-state index is 13.9. The van der Waals surface area contributed by atoms with E-state index in [-0.39, 0.29) is 18.6 Å². The van der Waals surface area contributed by atoms with Crippen molar-refractivity contribution in [3.63, 3.8) is 0 Å². The zero-order valence-corrected chi connectivity index (χ0v) is 11.9. The van der Waals surface area contributed by atoms with E-state index in [0.29, 0.717) is 25.0 Å². The second-order valence-corrected chi connectivity index (χ2v) is 7.29. The molecule has 1 aromatic rings. The first-order chi connectivity index (χ1) is 9.90. The molecule has 1 aliphatic carbocycles. The largest absolute Gasteiger partial charge is 0.380 e. The standard InChI is InChI=1S/C13H14F3NO3S/c14-9-5-7-1-2-10(11(7)13(16)12(9)15)17-21(18,19)8-3-4-20-6-8/h5,8,10,17H,1-4,6H2. The van der Waals surface area contributed by atoms with E-state index in [9.17, 15) is 21.6 Å². The van der Waals surface area contributed by atoms with Crippen LogP contribution in [0.3, 0.4) is 0 Å². The molecular formula is C13H14F3NO3S.